The maximum Gasteiger partial charge on any atom is 0.390 e. The summed E-state index contributed by atoms with van der Waals surface area (Å²) in [5.41, 5.74) is 6.96. The van der Waals surface area contributed by atoms with Gasteiger partial charge in [0.15, 0.2) is 0 Å². The van der Waals surface area contributed by atoms with Gasteiger partial charge in [-0.25, -0.2) is 0 Å². The van der Waals surface area contributed by atoms with Gasteiger partial charge in [-0.2, -0.15) is 13.2 Å². The van der Waals surface area contributed by atoms with Crippen molar-refractivity contribution in [3.05, 3.63) is 24.3 Å². The van der Waals surface area contributed by atoms with Crippen molar-refractivity contribution in [3.63, 3.8) is 0 Å². The molecule has 96 valence electrons. The van der Waals surface area contributed by atoms with Crippen molar-refractivity contribution in [2.45, 2.75) is 25.9 Å². The minimum Gasteiger partial charge on any atom is -0.397 e. The summed E-state index contributed by atoms with van der Waals surface area (Å²) < 4.78 is 36.6. The van der Waals surface area contributed by atoms with Crippen LogP contribution in [0.15, 0.2) is 24.3 Å². The van der Waals surface area contributed by atoms with E-state index < -0.39 is 12.6 Å². The zero-order chi connectivity index (χ0) is 12.9. The second-order valence-corrected chi connectivity index (χ2v) is 3.91. The van der Waals surface area contributed by atoms with Crippen molar-refractivity contribution >= 4 is 11.4 Å². The molecule has 1 aromatic carbocycles. The molecule has 0 aliphatic rings. The highest BCUT2D eigenvalue weighted by atomic mass is 19.4. The molecule has 0 aliphatic heterocycles. The van der Waals surface area contributed by atoms with Gasteiger partial charge in [-0.15, -0.1) is 0 Å². The lowest BCUT2D eigenvalue weighted by atomic mass is 10.2. The number of hydrogen-bond acceptors (Lipinski definition) is 2. The minimum atomic E-state index is -4.13. The normalized spacial score (nSPS) is 11.5. The first-order valence-electron chi connectivity index (χ1n) is 5.60. The predicted molar refractivity (Wildman–Crippen MR) is 64.0 cm³/mol. The van der Waals surface area contributed by atoms with Crippen LogP contribution in [-0.4, -0.2) is 19.3 Å². The van der Waals surface area contributed by atoms with Gasteiger partial charge >= 0.3 is 6.18 Å². The van der Waals surface area contributed by atoms with Crippen molar-refractivity contribution in [2.75, 3.05) is 23.7 Å². The van der Waals surface area contributed by atoms with Crippen molar-refractivity contribution in [3.8, 4) is 0 Å². The lowest BCUT2D eigenvalue weighted by molar-refractivity contribution is -0.132. The predicted octanol–water partition coefficient (Wildman–Crippen LogP) is 3.44. The molecule has 0 bridgehead atoms. The number of anilines is 2. The van der Waals surface area contributed by atoms with E-state index in [2.05, 4.69) is 0 Å². The molecule has 0 unspecified atom stereocenters. The Balaban J connectivity index is 2.75. The molecule has 0 radical (unpaired) electrons. The van der Waals surface area contributed by atoms with Gasteiger partial charge < -0.3 is 10.6 Å². The summed E-state index contributed by atoms with van der Waals surface area (Å²) >= 11 is 0. The van der Waals surface area contributed by atoms with E-state index in [1.165, 1.54) is 0 Å². The van der Waals surface area contributed by atoms with Gasteiger partial charge in [0.05, 0.1) is 17.8 Å². The first-order valence-corrected chi connectivity index (χ1v) is 5.60. The third kappa shape index (κ3) is 4.54. The molecule has 0 heterocycles. The van der Waals surface area contributed by atoms with Gasteiger partial charge in [-0.05, 0) is 18.6 Å². The molecule has 17 heavy (non-hydrogen) atoms. The number of nitrogens with two attached hydrogens (primary N) is 1. The first-order chi connectivity index (χ1) is 7.94. The molecule has 1 rings (SSSR count). The zero-order valence-corrected chi connectivity index (χ0v) is 9.80. The summed E-state index contributed by atoms with van der Waals surface area (Å²) in [6.45, 7) is 2.45. The monoisotopic (exact) mass is 246 g/mol. The molecule has 0 spiro atoms. The molecule has 0 amide bonds. The molecule has 0 saturated carbocycles. The third-order valence-corrected chi connectivity index (χ3v) is 2.44. The smallest absolute Gasteiger partial charge is 0.390 e. The number of nitrogen functional groups attached to an aromatic ring is 1. The maximum atomic E-state index is 12.2. The van der Waals surface area contributed by atoms with Crippen LogP contribution in [0, 0.1) is 0 Å². The summed E-state index contributed by atoms with van der Waals surface area (Å²) in [6.07, 6.45) is -4.16. The van der Waals surface area contributed by atoms with Gasteiger partial charge in [-0.3, -0.25) is 0 Å². The van der Waals surface area contributed by atoms with E-state index in [1.807, 2.05) is 6.92 Å². The molecule has 0 aromatic heterocycles. The number of rotatable bonds is 5. The van der Waals surface area contributed by atoms with E-state index in [9.17, 15) is 13.2 Å². The Kier molecular flexibility index (Phi) is 4.66. The fourth-order valence-electron chi connectivity index (χ4n) is 1.66. The second-order valence-electron chi connectivity index (χ2n) is 3.91. The number of benzene rings is 1. The Bertz CT molecular complexity index is 350. The van der Waals surface area contributed by atoms with Crippen LogP contribution in [0.2, 0.25) is 0 Å². The maximum absolute atomic E-state index is 12.2. The molecular formula is C12H17F3N2. The first kappa shape index (κ1) is 13.7. The summed E-state index contributed by atoms with van der Waals surface area (Å²) in [5, 5.41) is 0. The van der Waals surface area contributed by atoms with Gasteiger partial charge in [-0.1, -0.05) is 19.1 Å². The van der Waals surface area contributed by atoms with E-state index in [1.54, 1.807) is 29.2 Å². The number of hydrogen-bond donors (Lipinski definition) is 1. The average molecular weight is 246 g/mol. The van der Waals surface area contributed by atoms with Crippen molar-refractivity contribution in [1.29, 1.82) is 0 Å². The quantitative estimate of drug-likeness (QED) is 0.806. The lowest BCUT2D eigenvalue weighted by Crippen LogP contribution is -2.29. The highest BCUT2D eigenvalue weighted by molar-refractivity contribution is 5.67. The van der Waals surface area contributed by atoms with E-state index in [4.69, 9.17) is 5.73 Å². The number of nitrogens with zero attached hydrogens (tertiary/aromatic N) is 1. The molecule has 2 nitrogen and oxygen atoms in total. The lowest BCUT2D eigenvalue weighted by Gasteiger charge is -2.26. The Morgan fingerprint density at radius 1 is 1.18 bits per heavy atom. The van der Waals surface area contributed by atoms with Crippen LogP contribution in [0.4, 0.5) is 24.5 Å². The molecule has 0 saturated heterocycles. The Morgan fingerprint density at radius 3 is 2.35 bits per heavy atom. The van der Waals surface area contributed by atoms with Crippen molar-refractivity contribution in [2.24, 2.45) is 0 Å². The fourth-order valence-corrected chi connectivity index (χ4v) is 1.66. The van der Waals surface area contributed by atoms with E-state index >= 15 is 0 Å². The van der Waals surface area contributed by atoms with Crippen LogP contribution in [0.5, 0.6) is 0 Å². The largest absolute Gasteiger partial charge is 0.397 e. The summed E-state index contributed by atoms with van der Waals surface area (Å²) in [7, 11) is 0. The van der Waals surface area contributed by atoms with Gasteiger partial charge in [0.2, 0.25) is 0 Å². The average Bonchev–Trinajstić information content (AvgIpc) is 2.24. The van der Waals surface area contributed by atoms with Crippen LogP contribution >= 0.6 is 0 Å². The molecular weight excluding hydrogens is 229 g/mol. The van der Waals surface area contributed by atoms with Gasteiger partial charge in [0.25, 0.3) is 0 Å². The Morgan fingerprint density at radius 2 is 1.82 bits per heavy atom. The van der Waals surface area contributed by atoms with Crippen LogP contribution in [0.25, 0.3) is 0 Å². The minimum absolute atomic E-state index is 0.0500. The Labute approximate surface area is 99.2 Å². The van der Waals surface area contributed by atoms with E-state index in [0.717, 1.165) is 6.42 Å². The summed E-state index contributed by atoms with van der Waals surface area (Å²) in [5.74, 6) is 0. The van der Waals surface area contributed by atoms with Crippen LogP contribution in [-0.2, 0) is 0 Å². The molecule has 0 atom stereocenters. The topological polar surface area (TPSA) is 29.3 Å². The van der Waals surface area contributed by atoms with Crippen molar-refractivity contribution < 1.29 is 13.2 Å². The highest BCUT2D eigenvalue weighted by Gasteiger charge is 2.27. The molecule has 0 aliphatic carbocycles. The van der Waals surface area contributed by atoms with Crippen LogP contribution in [0.3, 0.4) is 0 Å². The van der Waals surface area contributed by atoms with Crippen LogP contribution in [0.1, 0.15) is 19.8 Å². The molecule has 5 heteroatoms. The highest BCUT2D eigenvalue weighted by Crippen LogP contribution is 2.26. The third-order valence-electron chi connectivity index (χ3n) is 2.44. The number of halogens is 3. The van der Waals surface area contributed by atoms with E-state index in [0.29, 0.717) is 17.9 Å². The fraction of sp³-hybridized carbons (Fsp3) is 0.500. The Hall–Kier alpha value is -1.39. The second kappa shape index (κ2) is 5.80. The van der Waals surface area contributed by atoms with Crippen molar-refractivity contribution in [1.82, 2.24) is 0 Å². The molecule has 0 fully saturated rings. The van der Waals surface area contributed by atoms with Gasteiger partial charge in [0.1, 0.15) is 0 Å². The van der Waals surface area contributed by atoms with Crippen LogP contribution < -0.4 is 10.6 Å². The standard InChI is InChI=1S/C12H17F3N2/c1-2-8-17(9-7-12(13,14)15)11-6-4-3-5-10(11)16/h3-6H,2,7-9,16H2,1H3. The number of alkyl halides is 3. The summed E-state index contributed by atoms with van der Waals surface area (Å²) in [4.78, 5) is 1.68. The molecule has 2 N–H and O–H groups in total. The van der Waals surface area contributed by atoms with E-state index in [-0.39, 0.29) is 6.54 Å². The number of para-hydroxylation sites is 2. The molecule has 1 aromatic rings. The van der Waals surface area contributed by atoms with Gasteiger partial charge in [0, 0.05) is 13.1 Å². The summed E-state index contributed by atoms with van der Waals surface area (Å²) in [6, 6.07) is 7.00. The SMILES string of the molecule is CCCN(CCC(F)(F)F)c1ccccc1N. The zero-order valence-electron chi connectivity index (χ0n) is 9.80.